The Morgan fingerprint density at radius 1 is 0.966 bits per heavy atom. The number of anilines is 1. The van der Waals surface area contributed by atoms with E-state index in [-0.39, 0.29) is 0 Å². The maximum Gasteiger partial charge on any atom is 0.230 e. The van der Waals surface area contributed by atoms with Gasteiger partial charge in [-0.25, -0.2) is 4.98 Å². The topological polar surface area (TPSA) is 46.3 Å². The van der Waals surface area contributed by atoms with Crippen LogP contribution in [0.25, 0.3) is 16.8 Å². The fourth-order valence-electron chi connectivity index (χ4n) is 4.01. The van der Waals surface area contributed by atoms with Crippen LogP contribution in [0.1, 0.15) is 22.6 Å². The van der Waals surface area contributed by atoms with Crippen molar-refractivity contribution in [3.8, 4) is 11.1 Å². The molecule has 0 atom stereocenters. The second kappa shape index (κ2) is 7.01. The summed E-state index contributed by atoms with van der Waals surface area (Å²) in [5.41, 5.74) is 6.12. The van der Waals surface area contributed by atoms with Crippen LogP contribution in [0.3, 0.4) is 0 Å². The van der Waals surface area contributed by atoms with Crippen molar-refractivity contribution in [1.82, 2.24) is 19.6 Å². The quantitative estimate of drug-likeness (QED) is 0.440. The fourth-order valence-corrected chi connectivity index (χ4v) is 4.51. The Morgan fingerprint density at radius 2 is 1.76 bits per heavy atom. The first-order valence-corrected chi connectivity index (χ1v) is 10.3. The first-order chi connectivity index (χ1) is 14.0. The normalized spacial score (nSPS) is 13.7. The van der Waals surface area contributed by atoms with E-state index in [9.17, 15) is 0 Å². The van der Waals surface area contributed by atoms with E-state index < -0.39 is 0 Å². The van der Waals surface area contributed by atoms with Crippen molar-refractivity contribution in [1.29, 1.82) is 0 Å². The maximum atomic E-state index is 6.50. The number of hydrogen-bond acceptors (Lipinski definition) is 4. The van der Waals surface area contributed by atoms with Crippen LogP contribution in [0.5, 0.6) is 0 Å². The molecule has 5 rings (SSSR count). The molecule has 0 aliphatic carbocycles. The van der Waals surface area contributed by atoms with Gasteiger partial charge < -0.3 is 4.90 Å². The van der Waals surface area contributed by atoms with E-state index in [4.69, 9.17) is 38.3 Å². The van der Waals surface area contributed by atoms with Crippen LogP contribution in [0.2, 0.25) is 10.0 Å². The average molecular weight is 424 g/mol. The van der Waals surface area contributed by atoms with Crippen LogP contribution < -0.4 is 4.90 Å². The lowest BCUT2D eigenvalue weighted by atomic mass is 10.0. The average Bonchev–Trinajstić information content (AvgIpc) is 3.03. The molecule has 0 N–H and O–H groups in total. The van der Waals surface area contributed by atoms with Gasteiger partial charge in [0, 0.05) is 23.7 Å². The molecule has 146 valence electrons. The number of nitrogens with zero attached hydrogens (tertiary/aromatic N) is 5. The van der Waals surface area contributed by atoms with Gasteiger partial charge in [-0.15, -0.1) is 0 Å². The van der Waals surface area contributed by atoms with Gasteiger partial charge in [0.05, 0.1) is 16.3 Å². The van der Waals surface area contributed by atoms with E-state index in [2.05, 4.69) is 29.2 Å². The number of rotatable bonds is 2. The Bertz CT molecular complexity index is 1250. The zero-order chi connectivity index (χ0) is 20.1. The first kappa shape index (κ1) is 18.4. The van der Waals surface area contributed by atoms with Crippen LogP contribution in [0.4, 0.5) is 5.95 Å². The molecule has 29 heavy (non-hydrogen) atoms. The SMILES string of the molecule is Cc1nc(N2CCc3ccccc3C2)n2nc(C)c(-c3ccc(Cl)cc3Cl)c2n1. The third-order valence-electron chi connectivity index (χ3n) is 5.37. The molecule has 1 aliphatic heterocycles. The number of benzene rings is 2. The van der Waals surface area contributed by atoms with Crippen molar-refractivity contribution in [3.05, 3.63) is 75.2 Å². The van der Waals surface area contributed by atoms with Crippen molar-refractivity contribution in [2.24, 2.45) is 0 Å². The fraction of sp³-hybridized carbons (Fsp3) is 0.227. The Balaban J connectivity index is 1.67. The van der Waals surface area contributed by atoms with Crippen LogP contribution in [0, 0.1) is 13.8 Å². The molecule has 0 bridgehead atoms. The minimum Gasteiger partial charge on any atom is -0.336 e. The number of halogens is 2. The van der Waals surface area contributed by atoms with E-state index in [1.165, 1.54) is 11.1 Å². The maximum absolute atomic E-state index is 6.50. The summed E-state index contributed by atoms with van der Waals surface area (Å²) in [4.78, 5) is 11.7. The second-order valence-electron chi connectivity index (χ2n) is 7.33. The number of hydrogen-bond donors (Lipinski definition) is 0. The van der Waals surface area contributed by atoms with Gasteiger partial charge in [0.15, 0.2) is 5.65 Å². The zero-order valence-corrected chi connectivity index (χ0v) is 17.7. The zero-order valence-electron chi connectivity index (χ0n) is 16.2. The number of aromatic nitrogens is 4. The van der Waals surface area contributed by atoms with Gasteiger partial charge in [-0.2, -0.15) is 14.6 Å². The summed E-state index contributed by atoms with van der Waals surface area (Å²) in [5, 5.41) is 5.97. The molecular weight excluding hydrogens is 405 g/mol. The monoisotopic (exact) mass is 423 g/mol. The molecule has 4 aromatic rings. The largest absolute Gasteiger partial charge is 0.336 e. The van der Waals surface area contributed by atoms with E-state index in [1.807, 2.05) is 30.5 Å². The van der Waals surface area contributed by atoms with E-state index >= 15 is 0 Å². The Morgan fingerprint density at radius 3 is 2.55 bits per heavy atom. The predicted octanol–water partition coefficient (Wildman–Crippen LogP) is 5.28. The van der Waals surface area contributed by atoms with Gasteiger partial charge >= 0.3 is 0 Å². The van der Waals surface area contributed by atoms with Crippen molar-refractivity contribution in [2.75, 3.05) is 11.4 Å². The van der Waals surface area contributed by atoms with Gasteiger partial charge in [0.2, 0.25) is 5.95 Å². The second-order valence-corrected chi connectivity index (χ2v) is 8.17. The van der Waals surface area contributed by atoms with E-state index in [1.54, 1.807) is 6.07 Å². The lowest BCUT2D eigenvalue weighted by molar-refractivity contribution is 0.680. The van der Waals surface area contributed by atoms with Crippen LogP contribution in [-0.2, 0) is 13.0 Å². The van der Waals surface area contributed by atoms with Crippen molar-refractivity contribution >= 4 is 34.8 Å². The summed E-state index contributed by atoms with van der Waals surface area (Å²) in [6, 6.07) is 14.1. The summed E-state index contributed by atoms with van der Waals surface area (Å²) >= 11 is 12.6. The Hall–Kier alpha value is -2.63. The van der Waals surface area contributed by atoms with Crippen molar-refractivity contribution in [3.63, 3.8) is 0 Å². The summed E-state index contributed by atoms with van der Waals surface area (Å²) in [6.07, 6.45) is 0.983. The van der Waals surface area contributed by atoms with Crippen LogP contribution >= 0.6 is 23.2 Å². The molecule has 2 aromatic carbocycles. The van der Waals surface area contributed by atoms with Gasteiger partial charge in [-0.1, -0.05) is 53.5 Å². The molecule has 0 spiro atoms. The number of fused-ring (bicyclic) bond motifs is 2. The smallest absolute Gasteiger partial charge is 0.230 e. The first-order valence-electron chi connectivity index (χ1n) is 9.52. The molecule has 0 saturated carbocycles. The lowest BCUT2D eigenvalue weighted by Gasteiger charge is -2.29. The van der Waals surface area contributed by atoms with Gasteiger partial charge in [0.1, 0.15) is 5.82 Å². The third kappa shape index (κ3) is 3.15. The molecule has 0 saturated heterocycles. The van der Waals surface area contributed by atoms with Crippen LogP contribution in [0.15, 0.2) is 42.5 Å². The lowest BCUT2D eigenvalue weighted by Crippen LogP contribution is -2.33. The van der Waals surface area contributed by atoms with E-state index in [0.29, 0.717) is 15.9 Å². The third-order valence-corrected chi connectivity index (χ3v) is 5.92. The Kier molecular flexibility index (Phi) is 4.45. The summed E-state index contributed by atoms with van der Waals surface area (Å²) < 4.78 is 1.84. The minimum absolute atomic E-state index is 0.584. The summed E-state index contributed by atoms with van der Waals surface area (Å²) in [5.74, 6) is 1.51. The van der Waals surface area contributed by atoms with Crippen molar-refractivity contribution < 1.29 is 0 Å². The van der Waals surface area contributed by atoms with Crippen molar-refractivity contribution in [2.45, 2.75) is 26.8 Å². The molecular formula is C22H19Cl2N5. The predicted molar refractivity (Wildman–Crippen MR) is 117 cm³/mol. The molecule has 0 radical (unpaired) electrons. The molecule has 7 heteroatoms. The summed E-state index contributed by atoms with van der Waals surface area (Å²) in [6.45, 7) is 5.58. The standard InChI is InChI=1S/C22H19Cl2N5/c1-13-20(18-8-7-17(23)11-19(18)24)21-25-14(2)26-22(29(21)27-13)28-10-9-15-5-3-4-6-16(15)12-28/h3-8,11H,9-10,12H2,1-2H3. The molecule has 2 aromatic heterocycles. The molecule has 0 amide bonds. The minimum atomic E-state index is 0.584. The molecule has 3 heterocycles. The molecule has 0 fully saturated rings. The highest BCUT2D eigenvalue weighted by Gasteiger charge is 2.24. The highest BCUT2D eigenvalue weighted by atomic mass is 35.5. The van der Waals surface area contributed by atoms with E-state index in [0.717, 1.165) is 47.9 Å². The molecule has 5 nitrogen and oxygen atoms in total. The van der Waals surface area contributed by atoms with Gasteiger partial charge in [-0.05, 0) is 43.5 Å². The highest BCUT2D eigenvalue weighted by molar-refractivity contribution is 6.36. The van der Waals surface area contributed by atoms with Gasteiger partial charge in [-0.3, -0.25) is 0 Å². The highest BCUT2D eigenvalue weighted by Crippen LogP contribution is 2.36. The van der Waals surface area contributed by atoms with Crippen LogP contribution in [-0.4, -0.2) is 26.1 Å². The number of aryl methyl sites for hydroxylation is 2. The Labute approximate surface area is 178 Å². The summed E-state index contributed by atoms with van der Waals surface area (Å²) in [7, 11) is 0. The molecule has 0 unspecified atom stereocenters. The molecule has 1 aliphatic rings. The van der Waals surface area contributed by atoms with Gasteiger partial charge in [0.25, 0.3) is 0 Å².